The number of halogens is 3. The number of aliphatic hydroxyl groups is 1. The van der Waals surface area contributed by atoms with Gasteiger partial charge in [0.15, 0.2) is 0 Å². The number of likely N-dealkylation sites (tertiary alicyclic amines) is 1. The van der Waals surface area contributed by atoms with Crippen LogP contribution in [0.1, 0.15) is 82.3 Å². The minimum absolute atomic E-state index is 0.0158. The summed E-state index contributed by atoms with van der Waals surface area (Å²) in [5, 5.41) is 20.3. The number of carbonyl (C=O) groups excluding carboxylic acids is 2. The largest absolute Gasteiger partial charge is 0.390 e. The minimum atomic E-state index is -1.26. The van der Waals surface area contributed by atoms with Gasteiger partial charge in [-0.05, 0) is 86.1 Å². The Bertz CT molecular complexity index is 1480. The lowest BCUT2D eigenvalue weighted by Gasteiger charge is -2.50. The minimum Gasteiger partial charge on any atom is -0.390 e. The zero-order valence-electron chi connectivity index (χ0n) is 25.3. The fourth-order valence-electron chi connectivity index (χ4n) is 9.08. The molecule has 0 radical (unpaired) electrons. The maximum atomic E-state index is 16.1. The Kier molecular flexibility index (Phi) is 7.57. The van der Waals surface area contributed by atoms with E-state index in [0.29, 0.717) is 29.6 Å². The van der Waals surface area contributed by atoms with Crippen molar-refractivity contribution in [1.82, 2.24) is 15.5 Å². The summed E-state index contributed by atoms with van der Waals surface area (Å²) in [5.74, 6) is -1.89. The number of nitrogens with zero attached hydrogens (tertiary/aromatic N) is 1. The number of benzene rings is 2. The highest BCUT2D eigenvalue weighted by atomic mass is 35.5. The summed E-state index contributed by atoms with van der Waals surface area (Å²) in [4.78, 5) is 31.4. The molecule has 4 fully saturated rings. The highest BCUT2D eigenvalue weighted by Crippen LogP contribution is 2.64. The third kappa shape index (κ3) is 4.70. The molecule has 5 aliphatic rings. The molecule has 2 aliphatic carbocycles. The Balaban J connectivity index is 1.29. The highest BCUT2D eigenvalue weighted by molar-refractivity contribution is 6.31. The predicted molar refractivity (Wildman–Crippen MR) is 170 cm³/mol. The van der Waals surface area contributed by atoms with Crippen molar-refractivity contribution in [2.75, 3.05) is 18.4 Å². The third-order valence-corrected chi connectivity index (χ3v) is 12.0. The van der Waals surface area contributed by atoms with Crippen molar-refractivity contribution < 1.29 is 19.1 Å². The van der Waals surface area contributed by atoms with Gasteiger partial charge in [0.05, 0.1) is 17.2 Å². The second-order valence-corrected chi connectivity index (χ2v) is 15.4. The van der Waals surface area contributed by atoms with E-state index in [1.54, 1.807) is 24.3 Å². The standard InChI is InChI=1S/C34H41Cl2FN4O3/c1-32(2)12-14-33(15-13-32)34(24-11-6-19(35)16-26(24)39-31(34)44)27(23-4-3-5-25(36)28(23)37)29(40-33)30(43)38-20-7-9-21(10-8-20)41-17-22(42)18-41/h3-6,11,16,20-22,27,29,40,42H,7-10,12-15,17-18H2,1-2H3,(H,38,43)(H,39,44)/t20-,21-,27-,29+,34+/m0/s1. The van der Waals surface area contributed by atoms with Gasteiger partial charge in [0.1, 0.15) is 11.2 Å². The molecular weight excluding hydrogens is 602 g/mol. The van der Waals surface area contributed by atoms with Crippen LogP contribution in [0.3, 0.4) is 0 Å². The molecule has 0 unspecified atom stereocenters. The van der Waals surface area contributed by atoms with Crippen LogP contribution in [0.15, 0.2) is 36.4 Å². The number of β-amino-alcohol motifs (C(OH)–C–C–N with tert-alkyl or cyclic N) is 1. The number of nitrogens with one attached hydrogen (secondary N) is 3. The van der Waals surface area contributed by atoms with Gasteiger partial charge in [0.2, 0.25) is 11.8 Å². The zero-order valence-corrected chi connectivity index (χ0v) is 26.8. The molecule has 2 saturated heterocycles. The van der Waals surface area contributed by atoms with Gasteiger partial charge in [0.25, 0.3) is 0 Å². The Labute approximate surface area is 268 Å². The smallest absolute Gasteiger partial charge is 0.238 e. The molecule has 0 bridgehead atoms. The molecule has 7 rings (SSSR count). The van der Waals surface area contributed by atoms with E-state index < -0.39 is 28.7 Å². The summed E-state index contributed by atoms with van der Waals surface area (Å²) in [6.07, 6.45) is 6.34. The second kappa shape index (κ2) is 10.9. The molecule has 4 N–H and O–H groups in total. The zero-order chi connectivity index (χ0) is 31.0. The molecule has 3 heterocycles. The summed E-state index contributed by atoms with van der Waals surface area (Å²) in [6, 6.07) is 9.82. The highest BCUT2D eigenvalue weighted by Gasteiger charge is 2.73. The normalized spacial score (nSPS) is 32.8. The number of aliphatic hydroxyl groups excluding tert-OH is 1. The lowest BCUT2D eigenvalue weighted by atomic mass is 9.53. The van der Waals surface area contributed by atoms with Crippen molar-refractivity contribution in [1.29, 1.82) is 0 Å². The number of anilines is 1. The van der Waals surface area contributed by atoms with Crippen LogP contribution in [0, 0.1) is 11.2 Å². The van der Waals surface area contributed by atoms with Crippen LogP contribution >= 0.6 is 23.2 Å². The number of carbonyl (C=O) groups is 2. The molecule has 2 aromatic carbocycles. The average molecular weight is 644 g/mol. The van der Waals surface area contributed by atoms with E-state index in [4.69, 9.17) is 23.2 Å². The summed E-state index contributed by atoms with van der Waals surface area (Å²) < 4.78 is 16.1. The lowest BCUT2D eigenvalue weighted by Crippen LogP contribution is -2.61. The Morgan fingerprint density at radius 2 is 1.75 bits per heavy atom. The van der Waals surface area contributed by atoms with Gasteiger partial charge in [-0.25, -0.2) is 4.39 Å². The van der Waals surface area contributed by atoms with E-state index in [-0.39, 0.29) is 40.0 Å². The molecule has 0 aromatic heterocycles. The number of amides is 2. The first-order valence-electron chi connectivity index (χ1n) is 16.0. The number of rotatable bonds is 4. The lowest BCUT2D eigenvalue weighted by molar-refractivity contribution is -0.125. The average Bonchev–Trinajstić information content (AvgIpc) is 3.43. The SMILES string of the molecule is CC1(C)CCC2(CC1)N[C@@H](C(=O)N[C@H]1CC[C@H](N3CC(O)C3)CC1)[C@H](c1cccc(Cl)c1F)[C@]21C(=O)Nc2cc(Cl)ccc21. The van der Waals surface area contributed by atoms with Crippen molar-refractivity contribution in [2.24, 2.45) is 5.41 Å². The first kappa shape index (κ1) is 30.4. The van der Waals surface area contributed by atoms with Gasteiger partial charge < -0.3 is 15.7 Å². The maximum Gasteiger partial charge on any atom is 0.238 e. The topological polar surface area (TPSA) is 93.7 Å². The van der Waals surface area contributed by atoms with Crippen LogP contribution in [0.4, 0.5) is 10.1 Å². The number of hydrogen-bond donors (Lipinski definition) is 4. The van der Waals surface area contributed by atoms with Gasteiger partial charge in [-0.1, -0.05) is 55.2 Å². The van der Waals surface area contributed by atoms with Crippen molar-refractivity contribution in [3.63, 3.8) is 0 Å². The van der Waals surface area contributed by atoms with Gasteiger partial charge in [-0.2, -0.15) is 0 Å². The number of fused-ring (bicyclic) bond motifs is 3. The molecule has 10 heteroatoms. The van der Waals surface area contributed by atoms with Crippen molar-refractivity contribution in [2.45, 2.75) is 106 Å². The van der Waals surface area contributed by atoms with E-state index in [2.05, 4.69) is 34.7 Å². The molecule has 44 heavy (non-hydrogen) atoms. The van der Waals surface area contributed by atoms with Crippen LogP contribution in [0.5, 0.6) is 0 Å². The second-order valence-electron chi connectivity index (χ2n) is 14.6. The molecule has 2 amide bonds. The van der Waals surface area contributed by atoms with Crippen LogP contribution in [0.2, 0.25) is 10.0 Å². The third-order valence-electron chi connectivity index (χ3n) is 11.5. The van der Waals surface area contributed by atoms with Crippen LogP contribution in [0.25, 0.3) is 0 Å². The summed E-state index contributed by atoms with van der Waals surface area (Å²) in [5.41, 5.74) is -0.345. The summed E-state index contributed by atoms with van der Waals surface area (Å²) in [7, 11) is 0. The van der Waals surface area contributed by atoms with Crippen molar-refractivity contribution in [3.8, 4) is 0 Å². The molecule has 2 saturated carbocycles. The Hall–Kier alpha value is -2.23. The molecule has 2 aromatic rings. The van der Waals surface area contributed by atoms with Gasteiger partial charge in [-0.3, -0.25) is 19.8 Å². The van der Waals surface area contributed by atoms with Crippen LogP contribution in [-0.4, -0.2) is 64.7 Å². The van der Waals surface area contributed by atoms with E-state index in [9.17, 15) is 14.7 Å². The van der Waals surface area contributed by atoms with E-state index in [0.717, 1.165) is 57.2 Å². The van der Waals surface area contributed by atoms with Crippen LogP contribution < -0.4 is 16.0 Å². The molecule has 236 valence electrons. The fourth-order valence-corrected chi connectivity index (χ4v) is 9.43. The van der Waals surface area contributed by atoms with E-state index in [1.165, 1.54) is 6.07 Å². The Morgan fingerprint density at radius 1 is 1.05 bits per heavy atom. The van der Waals surface area contributed by atoms with Gasteiger partial charge in [0, 0.05) is 47.3 Å². The van der Waals surface area contributed by atoms with Crippen molar-refractivity contribution in [3.05, 3.63) is 63.4 Å². The predicted octanol–water partition coefficient (Wildman–Crippen LogP) is 5.52. The number of hydrogen-bond acceptors (Lipinski definition) is 5. The van der Waals surface area contributed by atoms with Gasteiger partial charge in [-0.15, -0.1) is 0 Å². The molecule has 3 aliphatic heterocycles. The quantitative estimate of drug-likeness (QED) is 0.352. The first-order valence-corrected chi connectivity index (χ1v) is 16.8. The fraction of sp³-hybridized carbons (Fsp3) is 0.588. The van der Waals surface area contributed by atoms with Crippen LogP contribution in [-0.2, 0) is 15.0 Å². The molecule has 2 spiro atoms. The maximum absolute atomic E-state index is 16.1. The van der Waals surface area contributed by atoms with Crippen molar-refractivity contribution >= 4 is 40.7 Å². The first-order chi connectivity index (χ1) is 20.9. The molecular formula is C34H41Cl2FN4O3. The summed E-state index contributed by atoms with van der Waals surface area (Å²) >= 11 is 12.8. The monoisotopic (exact) mass is 642 g/mol. The molecule has 7 nitrogen and oxygen atoms in total. The molecule has 3 atom stereocenters. The summed E-state index contributed by atoms with van der Waals surface area (Å²) in [6.45, 7) is 5.91. The van der Waals surface area contributed by atoms with E-state index in [1.807, 2.05) is 6.07 Å². The van der Waals surface area contributed by atoms with E-state index >= 15 is 4.39 Å². The van der Waals surface area contributed by atoms with Gasteiger partial charge >= 0.3 is 0 Å². The Morgan fingerprint density at radius 3 is 2.43 bits per heavy atom.